The highest BCUT2D eigenvalue weighted by molar-refractivity contribution is 5.46. The van der Waals surface area contributed by atoms with Gasteiger partial charge in [0.2, 0.25) is 0 Å². The van der Waals surface area contributed by atoms with Gasteiger partial charge in [-0.15, -0.1) is 0 Å². The Morgan fingerprint density at radius 3 is 2.11 bits per heavy atom. The molecule has 1 aliphatic rings. The summed E-state index contributed by atoms with van der Waals surface area (Å²) in [6, 6.07) is 5.66. The van der Waals surface area contributed by atoms with Gasteiger partial charge in [-0.2, -0.15) is 13.2 Å². The Kier molecular flexibility index (Phi) is 3.55. The summed E-state index contributed by atoms with van der Waals surface area (Å²) in [6.45, 7) is 4.42. The van der Waals surface area contributed by atoms with Gasteiger partial charge in [0.25, 0.3) is 0 Å². The fourth-order valence-corrected chi connectivity index (χ4v) is 2.54. The molecule has 0 aliphatic heterocycles. The number of hydrogen-bond acceptors (Lipinski definition) is 1. The van der Waals surface area contributed by atoms with Crippen LogP contribution in [-0.4, -0.2) is 6.04 Å². The first-order chi connectivity index (χ1) is 8.38. The molecule has 1 aliphatic carbocycles. The summed E-state index contributed by atoms with van der Waals surface area (Å²) in [6.07, 6.45) is -1.99. The van der Waals surface area contributed by atoms with E-state index in [4.69, 9.17) is 0 Å². The third-order valence-corrected chi connectivity index (χ3v) is 4.03. The van der Waals surface area contributed by atoms with Crippen molar-refractivity contribution >= 4 is 5.69 Å². The van der Waals surface area contributed by atoms with Crippen LogP contribution in [0.4, 0.5) is 18.9 Å². The van der Waals surface area contributed by atoms with Crippen LogP contribution < -0.4 is 5.32 Å². The van der Waals surface area contributed by atoms with Crippen molar-refractivity contribution in [3.05, 3.63) is 29.8 Å². The van der Waals surface area contributed by atoms with Crippen molar-refractivity contribution in [1.82, 2.24) is 0 Å². The molecule has 0 amide bonds. The summed E-state index contributed by atoms with van der Waals surface area (Å²) in [5, 5.41) is 3.33. The summed E-state index contributed by atoms with van der Waals surface area (Å²) in [5.74, 6) is 1.24. The van der Waals surface area contributed by atoms with Crippen molar-refractivity contribution in [1.29, 1.82) is 0 Å². The Balaban J connectivity index is 2.03. The largest absolute Gasteiger partial charge is 0.416 e. The molecule has 1 aromatic rings. The molecule has 1 N–H and O–H groups in total. The molecular formula is C14H18F3N. The normalized spacial score (nSPS) is 28.4. The molecule has 0 aromatic heterocycles. The minimum Gasteiger partial charge on any atom is -0.382 e. The molecule has 2 rings (SSSR count). The summed E-state index contributed by atoms with van der Waals surface area (Å²) in [7, 11) is 0. The van der Waals surface area contributed by atoms with E-state index in [9.17, 15) is 13.2 Å². The molecule has 3 atom stereocenters. The minimum absolute atomic E-state index is 0.372. The third-order valence-electron chi connectivity index (χ3n) is 4.03. The number of halogens is 3. The fourth-order valence-electron chi connectivity index (χ4n) is 2.54. The van der Waals surface area contributed by atoms with E-state index in [1.807, 2.05) is 0 Å². The second kappa shape index (κ2) is 4.82. The molecule has 3 unspecified atom stereocenters. The quantitative estimate of drug-likeness (QED) is 0.819. The monoisotopic (exact) mass is 257 g/mol. The van der Waals surface area contributed by atoms with Crippen LogP contribution in [-0.2, 0) is 6.18 Å². The smallest absolute Gasteiger partial charge is 0.382 e. The first kappa shape index (κ1) is 13.2. The molecule has 0 bridgehead atoms. The molecule has 18 heavy (non-hydrogen) atoms. The minimum atomic E-state index is -4.26. The van der Waals surface area contributed by atoms with Gasteiger partial charge < -0.3 is 5.32 Å². The van der Waals surface area contributed by atoms with E-state index in [2.05, 4.69) is 19.2 Å². The number of alkyl halides is 3. The second-order valence-corrected chi connectivity index (χ2v) is 5.24. The first-order valence-corrected chi connectivity index (χ1v) is 6.31. The molecule has 100 valence electrons. The maximum absolute atomic E-state index is 12.4. The van der Waals surface area contributed by atoms with E-state index in [0.29, 0.717) is 17.9 Å². The van der Waals surface area contributed by atoms with Crippen molar-refractivity contribution in [2.75, 3.05) is 5.32 Å². The Morgan fingerprint density at radius 2 is 1.67 bits per heavy atom. The van der Waals surface area contributed by atoms with Crippen LogP contribution in [0.2, 0.25) is 0 Å². The highest BCUT2D eigenvalue weighted by Crippen LogP contribution is 2.34. The summed E-state index contributed by atoms with van der Waals surface area (Å²) in [4.78, 5) is 0. The molecule has 0 radical (unpaired) electrons. The van der Waals surface area contributed by atoms with Gasteiger partial charge >= 0.3 is 6.18 Å². The van der Waals surface area contributed by atoms with Gasteiger partial charge in [-0.25, -0.2) is 0 Å². The number of benzene rings is 1. The van der Waals surface area contributed by atoms with Crippen LogP contribution in [0.15, 0.2) is 24.3 Å². The van der Waals surface area contributed by atoms with Gasteiger partial charge in [-0.1, -0.05) is 13.8 Å². The van der Waals surface area contributed by atoms with Gasteiger partial charge in [0, 0.05) is 11.7 Å². The predicted molar refractivity (Wildman–Crippen MR) is 66.4 cm³/mol. The molecule has 0 heterocycles. The summed E-state index contributed by atoms with van der Waals surface area (Å²) in [5.41, 5.74) is 0.176. The van der Waals surface area contributed by atoms with E-state index in [-0.39, 0.29) is 0 Å². The maximum atomic E-state index is 12.4. The van der Waals surface area contributed by atoms with Crippen LogP contribution in [0, 0.1) is 11.8 Å². The molecule has 0 spiro atoms. The second-order valence-electron chi connectivity index (χ2n) is 5.24. The average Bonchev–Trinajstić information content (AvgIpc) is 2.61. The van der Waals surface area contributed by atoms with E-state index in [1.165, 1.54) is 18.6 Å². The van der Waals surface area contributed by atoms with Gasteiger partial charge in [-0.3, -0.25) is 0 Å². The van der Waals surface area contributed by atoms with Gasteiger partial charge in [-0.05, 0) is 48.9 Å². The summed E-state index contributed by atoms with van der Waals surface area (Å²) < 4.78 is 37.3. The topological polar surface area (TPSA) is 12.0 Å². The Morgan fingerprint density at radius 1 is 1.06 bits per heavy atom. The SMILES string of the molecule is CC1CCC(Nc2ccc(C(F)(F)F)cc2)C1C. The molecular weight excluding hydrogens is 239 g/mol. The van der Waals surface area contributed by atoms with Crippen molar-refractivity contribution in [2.45, 2.75) is 38.9 Å². The first-order valence-electron chi connectivity index (χ1n) is 6.31. The highest BCUT2D eigenvalue weighted by atomic mass is 19.4. The van der Waals surface area contributed by atoms with E-state index >= 15 is 0 Å². The van der Waals surface area contributed by atoms with Gasteiger partial charge in [0.05, 0.1) is 5.56 Å². The Labute approximate surface area is 105 Å². The van der Waals surface area contributed by atoms with E-state index < -0.39 is 11.7 Å². The lowest BCUT2D eigenvalue weighted by atomic mass is 9.97. The number of anilines is 1. The highest BCUT2D eigenvalue weighted by Gasteiger charge is 2.31. The van der Waals surface area contributed by atoms with Gasteiger partial charge in [0.15, 0.2) is 0 Å². The zero-order valence-electron chi connectivity index (χ0n) is 10.6. The lowest BCUT2D eigenvalue weighted by molar-refractivity contribution is -0.137. The molecule has 1 nitrogen and oxygen atoms in total. The predicted octanol–water partition coefficient (Wildman–Crippen LogP) is 4.55. The van der Waals surface area contributed by atoms with Crippen LogP contribution in [0.3, 0.4) is 0 Å². The third kappa shape index (κ3) is 2.79. The molecule has 1 fully saturated rings. The lowest BCUT2D eigenvalue weighted by Gasteiger charge is -2.21. The Hall–Kier alpha value is -1.19. The van der Waals surface area contributed by atoms with Crippen LogP contribution in [0.25, 0.3) is 0 Å². The Bertz CT molecular complexity index is 396. The molecule has 0 saturated heterocycles. The van der Waals surface area contributed by atoms with Crippen molar-refractivity contribution in [3.8, 4) is 0 Å². The van der Waals surface area contributed by atoms with Crippen molar-refractivity contribution in [3.63, 3.8) is 0 Å². The fraction of sp³-hybridized carbons (Fsp3) is 0.571. The zero-order chi connectivity index (χ0) is 13.3. The van der Waals surface area contributed by atoms with Crippen LogP contribution in [0.1, 0.15) is 32.3 Å². The number of hydrogen-bond donors (Lipinski definition) is 1. The average molecular weight is 257 g/mol. The standard InChI is InChI=1S/C14H18F3N/c1-9-3-8-13(10(9)2)18-12-6-4-11(5-7-12)14(15,16)17/h4-7,9-10,13,18H,3,8H2,1-2H3. The molecule has 1 saturated carbocycles. The summed E-state index contributed by atoms with van der Waals surface area (Å²) >= 11 is 0. The number of rotatable bonds is 2. The van der Waals surface area contributed by atoms with Crippen LogP contribution >= 0.6 is 0 Å². The van der Waals surface area contributed by atoms with Crippen molar-refractivity contribution in [2.24, 2.45) is 11.8 Å². The van der Waals surface area contributed by atoms with Gasteiger partial charge in [0.1, 0.15) is 0 Å². The van der Waals surface area contributed by atoms with E-state index in [0.717, 1.165) is 24.2 Å². The van der Waals surface area contributed by atoms with Crippen molar-refractivity contribution < 1.29 is 13.2 Å². The zero-order valence-corrected chi connectivity index (χ0v) is 10.6. The maximum Gasteiger partial charge on any atom is 0.416 e. The van der Waals surface area contributed by atoms with E-state index in [1.54, 1.807) is 0 Å². The number of nitrogens with one attached hydrogen (secondary N) is 1. The molecule has 1 aromatic carbocycles. The molecule has 4 heteroatoms. The lowest BCUT2D eigenvalue weighted by Crippen LogP contribution is -2.23. The van der Waals surface area contributed by atoms with Crippen LogP contribution in [0.5, 0.6) is 0 Å².